The van der Waals surface area contributed by atoms with Gasteiger partial charge in [-0.1, -0.05) is 36.4 Å². The van der Waals surface area contributed by atoms with Crippen molar-refractivity contribution in [2.75, 3.05) is 0 Å². The molecular weight excluding hydrogens is 404 g/mol. The Kier molecular flexibility index (Phi) is 6.55. The summed E-state index contributed by atoms with van der Waals surface area (Å²) in [5, 5.41) is 0. The number of hydrogen-bond acceptors (Lipinski definition) is 5. The van der Waals surface area contributed by atoms with Gasteiger partial charge in [0.2, 0.25) is 10.0 Å². The van der Waals surface area contributed by atoms with E-state index >= 15 is 0 Å². The molecule has 30 heavy (non-hydrogen) atoms. The van der Waals surface area contributed by atoms with E-state index in [1.807, 2.05) is 30.3 Å². The third kappa shape index (κ3) is 5.28. The molecule has 3 rings (SSSR count). The fraction of sp³-hybridized carbons (Fsp3) is 0.0952. The van der Waals surface area contributed by atoms with Crippen LogP contribution in [-0.2, 0) is 16.6 Å². The van der Waals surface area contributed by atoms with Crippen molar-refractivity contribution >= 4 is 21.8 Å². The van der Waals surface area contributed by atoms with Crippen LogP contribution in [0.15, 0.2) is 78.0 Å². The van der Waals surface area contributed by atoms with Gasteiger partial charge in [0.25, 0.3) is 11.8 Å². The van der Waals surface area contributed by atoms with Gasteiger partial charge in [0.15, 0.2) is 0 Å². The van der Waals surface area contributed by atoms with Crippen molar-refractivity contribution in [3.8, 4) is 0 Å². The van der Waals surface area contributed by atoms with Crippen molar-refractivity contribution in [2.24, 2.45) is 0 Å². The van der Waals surface area contributed by atoms with Crippen LogP contribution in [0.1, 0.15) is 31.8 Å². The van der Waals surface area contributed by atoms with E-state index in [4.69, 9.17) is 0 Å². The number of amides is 2. The highest BCUT2D eigenvalue weighted by molar-refractivity contribution is 7.89. The summed E-state index contributed by atoms with van der Waals surface area (Å²) in [6, 6.07) is 16.5. The van der Waals surface area contributed by atoms with Gasteiger partial charge in [-0.15, -0.1) is 0 Å². The van der Waals surface area contributed by atoms with Crippen LogP contribution in [0.5, 0.6) is 0 Å². The van der Waals surface area contributed by atoms with Crippen LogP contribution in [0.2, 0.25) is 0 Å². The number of aryl methyl sites for hydroxylation is 1. The summed E-state index contributed by atoms with van der Waals surface area (Å²) in [4.78, 5) is 28.2. The quantitative estimate of drug-likeness (QED) is 0.523. The molecule has 2 amide bonds. The van der Waals surface area contributed by atoms with Crippen LogP contribution >= 0.6 is 0 Å². The van der Waals surface area contributed by atoms with Crippen LogP contribution < -0.4 is 15.6 Å². The lowest BCUT2D eigenvalue weighted by Crippen LogP contribution is -2.41. The maximum atomic E-state index is 12.7. The first kappa shape index (κ1) is 21.2. The molecule has 0 aliphatic heterocycles. The maximum absolute atomic E-state index is 12.7. The highest BCUT2D eigenvalue weighted by Gasteiger charge is 2.19. The second-order valence-corrected chi connectivity index (χ2v) is 8.18. The van der Waals surface area contributed by atoms with Crippen molar-refractivity contribution in [3.05, 3.63) is 95.3 Å². The Morgan fingerprint density at radius 1 is 0.900 bits per heavy atom. The molecule has 154 valence electrons. The number of nitrogens with one attached hydrogen (secondary N) is 3. The second-order valence-electron chi connectivity index (χ2n) is 6.44. The van der Waals surface area contributed by atoms with Gasteiger partial charge in [-0.3, -0.25) is 25.4 Å². The number of sulfonamides is 1. The van der Waals surface area contributed by atoms with Gasteiger partial charge in [0, 0.05) is 24.5 Å². The average molecular weight is 424 g/mol. The molecule has 0 aliphatic carbocycles. The van der Waals surface area contributed by atoms with Gasteiger partial charge in [0.1, 0.15) is 0 Å². The largest absolute Gasteiger partial charge is 0.271 e. The first-order chi connectivity index (χ1) is 14.4. The molecule has 8 nitrogen and oxygen atoms in total. The summed E-state index contributed by atoms with van der Waals surface area (Å²) in [5.74, 6) is -1.19. The minimum Gasteiger partial charge on any atom is -0.267 e. The molecule has 0 atom stereocenters. The first-order valence-electron chi connectivity index (χ1n) is 9.02. The third-order valence-electron chi connectivity index (χ3n) is 4.26. The molecule has 0 aliphatic rings. The number of benzene rings is 2. The minimum atomic E-state index is -3.85. The molecule has 1 aromatic heterocycles. The minimum absolute atomic E-state index is 0.00957. The van der Waals surface area contributed by atoms with E-state index in [-0.39, 0.29) is 22.6 Å². The summed E-state index contributed by atoms with van der Waals surface area (Å²) in [5.41, 5.74) is 6.21. The zero-order chi connectivity index (χ0) is 21.6. The fourth-order valence-electron chi connectivity index (χ4n) is 2.64. The van der Waals surface area contributed by atoms with E-state index in [9.17, 15) is 18.0 Å². The van der Waals surface area contributed by atoms with Gasteiger partial charge in [-0.2, -0.15) is 0 Å². The predicted molar refractivity (Wildman–Crippen MR) is 111 cm³/mol. The van der Waals surface area contributed by atoms with E-state index in [0.29, 0.717) is 5.56 Å². The maximum Gasteiger partial charge on any atom is 0.271 e. The van der Waals surface area contributed by atoms with Crippen LogP contribution in [0.4, 0.5) is 0 Å². The molecule has 0 fully saturated rings. The third-order valence-corrected chi connectivity index (χ3v) is 5.81. The van der Waals surface area contributed by atoms with E-state index in [2.05, 4.69) is 20.6 Å². The summed E-state index contributed by atoms with van der Waals surface area (Å²) >= 11 is 0. The lowest BCUT2D eigenvalue weighted by molar-refractivity contribution is 0.0846. The van der Waals surface area contributed by atoms with Gasteiger partial charge in [-0.05, 0) is 42.3 Å². The fourth-order valence-corrected chi connectivity index (χ4v) is 3.92. The van der Waals surface area contributed by atoms with Crippen molar-refractivity contribution in [1.29, 1.82) is 0 Å². The summed E-state index contributed by atoms with van der Waals surface area (Å²) in [7, 11) is -3.85. The van der Waals surface area contributed by atoms with Gasteiger partial charge < -0.3 is 0 Å². The van der Waals surface area contributed by atoms with Crippen LogP contribution in [0.3, 0.4) is 0 Å². The Balaban J connectivity index is 1.70. The highest BCUT2D eigenvalue weighted by Crippen LogP contribution is 2.17. The number of hydrazine groups is 1. The van der Waals surface area contributed by atoms with Crippen molar-refractivity contribution in [3.63, 3.8) is 0 Å². The Labute approximate surface area is 174 Å². The van der Waals surface area contributed by atoms with Gasteiger partial charge in [0.05, 0.1) is 10.5 Å². The highest BCUT2D eigenvalue weighted by atomic mass is 32.2. The zero-order valence-corrected chi connectivity index (χ0v) is 16.9. The summed E-state index contributed by atoms with van der Waals surface area (Å²) < 4.78 is 28.0. The van der Waals surface area contributed by atoms with Gasteiger partial charge in [-0.25, -0.2) is 13.1 Å². The topological polar surface area (TPSA) is 117 Å². The SMILES string of the molecule is Cc1ccc(C(=O)NNC(=O)c2cccnc2)cc1S(=O)(=O)NCc1ccccc1. The molecule has 0 radical (unpaired) electrons. The van der Waals surface area contributed by atoms with Gasteiger partial charge >= 0.3 is 0 Å². The molecule has 1 heterocycles. The lowest BCUT2D eigenvalue weighted by Gasteiger charge is -2.12. The van der Waals surface area contributed by atoms with Crippen LogP contribution in [-0.4, -0.2) is 25.2 Å². The number of pyridine rings is 1. The average Bonchev–Trinajstić information content (AvgIpc) is 2.77. The van der Waals surface area contributed by atoms with Crippen molar-refractivity contribution in [1.82, 2.24) is 20.6 Å². The first-order valence-corrected chi connectivity index (χ1v) is 10.5. The Morgan fingerprint density at radius 2 is 1.60 bits per heavy atom. The standard InChI is InChI=1S/C21H20N4O4S/c1-15-9-10-17(20(26)24-25-21(27)18-8-5-11-22-14-18)12-19(15)30(28,29)23-13-16-6-3-2-4-7-16/h2-12,14,23H,13H2,1H3,(H,24,26)(H,25,27). The molecule has 0 bridgehead atoms. The summed E-state index contributed by atoms with van der Waals surface area (Å²) in [6.07, 6.45) is 2.88. The van der Waals surface area contributed by atoms with E-state index in [1.54, 1.807) is 19.1 Å². The van der Waals surface area contributed by atoms with E-state index in [1.165, 1.54) is 30.6 Å². The molecule has 3 N–H and O–H groups in total. The number of rotatable bonds is 6. The Bertz CT molecular complexity index is 1150. The number of carbonyl (C=O) groups excluding carboxylic acids is 2. The van der Waals surface area contributed by atoms with E-state index < -0.39 is 21.8 Å². The molecule has 0 saturated heterocycles. The molecule has 0 saturated carbocycles. The smallest absolute Gasteiger partial charge is 0.267 e. The number of aromatic nitrogens is 1. The molecular formula is C21H20N4O4S. The number of carbonyl (C=O) groups is 2. The Morgan fingerprint density at radius 3 is 2.27 bits per heavy atom. The van der Waals surface area contributed by atoms with E-state index in [0.717, 1.165) is 5.56 Å². The van der Waals surface area contributed by atoms with Crippen molar-refractivity contribution < 1.29 is 18.0 Å². The lowest BCUT2D eigenvalue weighted by atomic mass is 10.1. The number of hydrogen-bond donors (Lipinski definition) is 3. The molecule has 3 aromatic rings. The monoisotopic (exact) mass is 424 g/mol. The number of nitrogens with zero attached hydrogens (tertiary/aromatic N) is 1. The van der Waals surface area contributed by atoms with Crippen LogP contribution in [0.25, 0.3) is 0 Å². The zero-order valence-electron chi connectivity index (χ0n) is 16.1. The Hall–Kier alpha value is -3.56. The molecule has 0 spiro atoms. The summed E-state index contributed by atoms with van der Waals surface area (Å²) in [6.45, 7) is 1.77. The van der Waals surface area contributed by atoms with Crippen LogP contribution in [0, 0.1) is 6.92 Å². The second kappa shape index (κ2) is 9.29. The molecule has 9 heteroatoms. The van der Waals surface area contributed by atoms with Crippen molar-refractivity contribution in [2.45, 2.75) is 18.4 Å². The molecule has 2 aromatic carbocycles. The normalized spacial score (nSPS) is 11.0. The predicted octanol–water partition coefficient (Wildman–Crippen LogP) is 1.94. The molecule has 0 unspecified atom stereocenters.